The van der Waals surface area contributed by atoms with Gasteiger partial charge in [0.2, 0.25) is 0 Å². The van der Waals surface area contributed by atoms with Crippen LogP contribution < -0.4 is 0 Å². The zero-order chi connectivity index (χ0) is 13.4. The van der Waals surface area contributed by atoms with Gasteiger partial charge in [0.05, 0.1) is 12.2 Å². The molecular formula is C14H30N2O2. The average Bonchev–Trinajstić information content (AvgIpc) is 2.90. The van der Waals surface area contributed by atoms with Gasteiger partial charge in [0.15, 0.2) is 0 Å². The first-order valence-corrected chi connectivity index (χ1v) is 7.38. The molecule has 2 N–H and O–H groups in total. The summed E-state index contributed by atoms with van der Waals surface area (Å²) in [5.74, 6) is 0. The van der Waals surface area contributed by atoms with Crippen LogP contribution >= 0.6 is 0 Å². The molecule has 2 rings (SSSR count). The zero-order valence-electron chi connectivity index (χ0n) is 12.0. The van der Waals surface area contributed by atoms with E-state index in [0.29, 0.717) is 0 Å². The first kappa shape index (κ1) is 15.9. The van der Waals surface area contributed by atoms with Crippen molar-refractivity contribution in [2.24, 2.45) is 0 Å². The Balaban J connectivity index is 0.000000180. The molecule has 2 atom stereocenters. The van der Waals surface area contributed by atoms with E-state index in [9.17, 15) is 0 Å². The summed E-state index contributed by atoms with van der Waals surface area (Å²) >= 11 is 0. The van der Waals surface area contributed by atoms with Crippen LogP contribution in [0.5, 0.6) is 0 Å². The summed E-state index contributed by atoms with van der Waals surface area (Å²) in [5, 5.41) is 17.9. The SMILES string of the molecule is CC(O)CN1CCCC1.CC(O)CN1CCCC1. The minimum atomic E-state index is -0.150. The monoisotopic (exact) mass is 258 g/mol. The molecule has 0 aromatic heterocycles. The van der Waals surface area contributed by atoms with Crippen molar-refractivity contribution in [2.45, 2.75) is 51.7 Å². The summed E-state index contributed by atoms with van der Waals surface area (Å²) in [7, 11) is 0. The molecule has 0 bridgehead atoms. The first-order valence-electron chi connectivity index (χ1n) is 7.38. The molecular weight excluding hydrogens is 228 g/mol. The second kappa shape index (κ2) is 8.86. The third-order valence-electron chi connectivity index (χ3n) is 3.44. The van der Waals surface area contributed by atoms with Crippen molar-refractivity contribution in [2.75, 3.05) is 39.3 Å². The van der Waals surface area contributed by atoms with E-state index in [1.165, 1.54) is 51.9 Å². The van der Waals surface area contributed by atoms with Gasteiger partial charge in [0, 0.05) is 13.1 Å². The van der Waals surface area contributed by atoms with Crippen LogP contribution in [0.1, 0.15) is 39.5 Å². The number of aliphatic hydroxyl groups excluding tert-OH is 2. The number of rotatable bonds is 4. The van der Waals surface area contributed by atoms with Crippen molar-refractivity contribution in [3.05, 3.63) is 0 Å². The highest BCUT2D eigenvalue weighted by Gasteiger charge is 2.12. The number of likely N-dealkylation sites (tertiary alicyclic amines) is 2. The lowest BCUT2D eigenvalue weighted by molar-refractivity contribution is 0.140. The maximum absolute atomic E-state index is 8.97. The lowest BCUT2D eigenvalue weighted by Gasteiger charge is -2.15. The first-order chi connectivity index (χ1) is 8.58. The van der Waals surface area contributed by atoms with E-state index in [0.717, 1.165) is 13.1 Å². The second-order valence-electron chi connectivity index (χ2n) is 5.71. The van der Waals surface area contributed by atoms with Crippen molar-refractivity contribution < 1.29 is 10.2 Å². The second-order valence-corrected chi connectivity index (χ2v) is 5.71. The van der Waals surface area contributed by atoms with Crippen molar-refractivity contribution in [3.8, 4) is 0 Å². The Hall–Kier alpha value is -0.160. The quantitative estimate of drug-likeness (QED) is 0.787. The van der Waals surface area contributed by atoms with E-state index < -0.39 is 0 Å². The third kappa shape index (κ3) is 7.31. The van der Waals surface area contributed by atoms with Crippen LogP contribution in [0.4, 0.5) is 0 Å². The number of hydrogen-bond donors (Lipinski definition) is 2. The molecule has 4 heteroatoms. The van der Waals surface area contributed by atoms with Crippen LogP contribution in [-0.2, 0) is 0 Å². The molecule has 0 spiro atoms. The topological polar surface area (TPSA) is 46.9 Å². The van der Waals surface area contributed by atoms with E-state index in [1.54, 1.807) is 0 Å². The van der Waals surface area contributed by atoms with E-state index in [2.05, 4.69) is 9.80 Å². The van der Waals surface area contributed by atoms with E-state index in [4.69, 9.17) is 10.2 Å². The molecule has 0 radical (unpaired) electrons. The van der Waals surface area contributed by atoms with Gasteiger partial charge in [0.1, 0.15) is 0 Å². The molecule has 2 unspecified atom stereocenters. The minimum Gasteiger partial charge on any atom is -0.392 e. The highest BCUT2D eigenvalue weighted by molar-refractivity contribution is 4.68. The van der Waals surface area contributed by atoms with E-state index in [-0.39, 0.29) is 12.2 Å². The summed E-state index contributed by atoms with van der Waals surface area (Å²) in [6.07, 6.45) is 4.95. The highest BCUT2D eigenvalue weighted by Crippen LogP contribution is 2.07. The van der Waals surface area contributed by atoms with Crippen molar-refractivity contribution in [1.29, 1.82) is 0 Å². The van der Waals surface area contributed by atoms with Gasteiger partial charge >= 0.3 is 0 Å². The Morgan fingerprint density at radius 1 is 0.722 bits per heavy atom. The maximum Gasteiger partial charge on any atom is 0.0639 e. The average molecular weight is 258 g/mol. The molecule has 0 saturated carbocycles. The molecule has 2 aliphatic rings. The Bertz CT molecular complexity index is 176. The van der Waals surface area contributed by atoms with Crippen molar-refractivity contribution >= 4 is 0 Å². The molecule has 108 valence electrons. The smallest absolute Gasteiger partial charge is 0.0639 e. The van der Waals surface area contributed by atoms with Crippen LogP contribution in [0.15, 0.2) is 0 Å². The summed E-state index contributed by atoms with van der Waals surface area (Å²) in [4.78, 5) is 4.62. The summed E-state index contributed by atoms with van der Waals surface area (Å²) < 4.78 is 0. The predicted octanol–water partition coefficient (Wildman–Crippen LogP) is 0.926. The van der Waals surface area contributed by atoms with Gasteiger partial charge in [-0.25, -0.2) is 0 Å². The molecule has 18 heavy (non-hydrogen) atoms. The third-order valence-corrected chi connectivity index (χ3v) is 3.44. The van der Waals surface area contributed by atoms with Crippen molar-refractivity contribution in [3.63, 3.8) is 0 Å². The zero-order valence-corrected chi connectivity index (χ0v) is 12.0. The maximum atomic E-state index is 8.97. The van der Waals surface area contributed by atoms with Gasteiger partial charge in [-0.15, -0.1) is 0 Å². The van der Waals surface area contributed by atoms with Crippen molar-refractivity contribution in [1.82, 2.24) is 9.80 Å². The Morgan fingerprint density at radius 2 is 1.00 bits per heavy atom. The van der Waals surface area contributed by atoms with Gasteiger partial charge < -0.3 is 20.0 Å². The summed E-state index contributed by atoms with van der Waals surface area (Å²) in [6, 6.07) is 0. The van der Waals surface area contributed by atoms with Gasteiger partial charge in [-0.1, -0.05) is 0 Å². The largest absolute Gasteiger partial charge is 0.392 e. The van der Waals surface area contributed by atoms with Crippen LogP contribution in [-0.4, -0.2) is 71.5 Å². The van der Waals surface area contributed by atoms with Crippen LogP contribution in [0, 0.1) is 0 Å². The van der Waals surface area contributed by atoms with E-state index in [1.807, 2.05) is 13.8 Å². The molecule has 2 heterocycles. The van der Waals surface area contributed by atoms with Crippen LogP contribution in [0.3, 0.4) is 0 Å². The lowest BCUT2D eigenvalue weighted by atomic mass is 10.4. The fourth-order valence-electron chi connectivity index (χ4n) is 2.68. The van der Waals surface area contributed by atoms with Crippen LogP contribution in [0.25, 0.3) is 0 Å². The Labute approximate surface area is 112 Å². The van der Waals surface area contributed by atoms with Gasteiger partial charge in [-0.2, -0.15) is 0 Å². The number of β-amino-alcohol motifs (C(OH)–C–C–N with tert-alkyl or cyclic N) is 2. The standard InChI is InChI=1S/2C7H15NO/c2*1-7(9)6-8-4-2-3-5-8/h2*7,9H,2-6H2,1H3. The molecule has 0 aromatic rings. The Kier molecular flexibility index (Phi) is 7.82. The molecule has 0 amide bonds. The Morgan fingerprint density at radius 3 is 1.22 bits per heavy atom. The van der Waals surface area contributed by atoms with Gasteiger partial charge in [-0.05, 0) is 65.7 Å². The summed E-state index contributed by atoms with van der Waals surface area (Å²) in [6.45, 7) is 10.2. The minimum absolute atomic E-state index is 0.150. The predicted molar refractivity (Wildman–Crippen MR) is 74.7 cm³/mol. The fourth-order valence-corrected chi connectivity index (χ4v) is 2.68. The number of hydrogen-bond acceptors (Lipinski definition) is 4. The van der Waals surface area contributed by atoms with Gasteiger partial charge in [-0.3, -0.25) is 0 Å². The molecule has 4 nitrogen and oxygen atoms in total. The fraction of sp³-hybridized carbons (Fsp3) is 1.00. The molecule has 2 fully saturated rings. The molecule has 0 aromatic carbocycles. The van der Waals surface area contributed by atoms with Gasteiger partial charge in [0.25, 0.3) is 0 Å². The number of aliphatic hydroxyl groups is 2. The lowest BCUT2D eigenvalue weighted by Crippen LogP contribution is -2.27. The molecule has 2 saturated heterocycles. The van der Waals surface area contributed by atoms with Crippen LogP contribution in [0.2, 0.25) is 0 Å². The summed E-state index contributed by atoms with van der Waals surface area (Å²) in [5.41, 5.74) is 0. The molecule has 2 aliphatic heterocycles. The molecule has 0 aliphatic carbocycles. The normalized spacial score (nSPS) is 24.7. The number of nitrogens with zero attached hydrogens (tertiary/aromatic N) is 2. The highest BCUT2D eigenvalue weighted by atomic mass is 16.3. The van der Waals surface area contributed by atoms with E-state index >= 15 is 0 Å².